The molecule has 4 heteroatoms. The van der Waals surface area contributed by atoms with Crippen LogP contribution in [-0.4, -0.2) is 19.8 Å². The highest BCUT2D eigenvalue weighted by molar-refractivity contribution is 4.41. The summed E-state index contributed by atoms with van der Waals surface area (Å²) in [7, 11) is 1.53. The highest BCUT2D eigenvalue weighted by atomic mass is 16.7. The van der Waals surface area contributed by atoms with Crippen LogP contribution in [0.3, 0.4) is 0 Å². The summed E-state index contributed by atoms with van der Waals surface area (Å²) in [6, 6.07) is 0. The number of rotatable bonds is 4. The number of hydrogen-bond donors (Lipinski definition) is 0. The molecule has 8 heavy (non-hydrogen) atoms. The smallest absolute Gasteiger partial charge is 0.155 e. The molecule has 4 nitrogen and oxygen atoms in total. The van der Waals surface area contributed by atoms with E-state index >= 15 is 0 Å². The molecule has 0 bridgehead atoms. The minimum absolute atomic E-state index is 0.238. The minimum Gasteiger partial charge on any atom is -0.381 e. The second-order valence-corrected chi connectivity index (χ2v) is 1.45. The minimum atomic E-state index is -0.238. The van der Waals surface area contributed by atoms with Gasteiger partial charge in [-0.3, -0.25) is 0 Å². The van der Waals surface area contributed by atoms with E-state index in [0.717, 1.165) is 0 Å². The number of methoxy groups -OCH3 is 1. The SMILES string of the molecule is COCC(C)ON=O. The van der Waals surface area contributed by atoms with E-state index in [1.54, 1.807) is 6.92 Å². The van der Waals surface area contributed by atoms with Crippen molar-refractivity contribution in [3.05, 3.63) is 4.91 Å². The summed E-state index contributed by atoms with van der Waals surface area (Å²) in [5, 5.41) is 2.22. The largest absolute Gasteiger partial charge is 0.381 e. The van der Waals surface area contributed by atoms with E-state index in [-0.39, 0.29) is 6.10 Å². The number of ether oxygens (including phenoxy) is 1. The van der Waals surface area contributed by atoms with E-state index in [1.807, 2.05) is 0 Å². The molecule has 48 valence electrons. The molecule has 0 rings (SSSR count). The lowest BCUT2D eigenvalue weighted by atomic mass is 10.4. The maximum absolute atomic E-state index is 9.36. The van der Waals surface area contributed by atoms with Crippen molar-refractivity contribution in [3.63, 3.8) is 0 Å². The second-order valence-electron chi connectivity index (χ2n) is 1.45. The molecule has 1 atom stereocenters. The summed E-state index contributed by atoms with van der Waals surface area (Å²) < 4.78 is 4.63. The summed E-state index contributed by atoms with van der Waals surface area (Å²) in [4.78, 5) is 13.6. The lowest BCUT2D eigenvalue weighted by Crippen LogP contribution is -2.10. The molecule has 0 amide bonds. The molecule has 0 aromatic heterocycles. The van der Waals surface area contributed by atoms with E-state index in [2.05, 4.69) is 14.9 Å². The zero-order valence-electron chi connectivity index (χ0n) is 4.96. The zero-order chi connectivity index (χ0) is 6.41. The molecule has 0 aliphatic heterocycles. The Hall–Kier alpha value is -0.640. The third-order valence-corrected chi connectivity index (χ3v) is 0.624. The molecular weight excluding hydrogens is 110 g/mol. The van der Waals surface area contributed by atoms with Crippen LogP contribution in [0.4, 0.5) is 0 Å². The maximum Gasteiger partial charge on any atom is 0.155 e. The monoisotopic (exact) mass is 119 g/mol. The maximum atomic E-state index is 9.36. The van der Waals surface area contributed by atoms with Crippen molar-refractivity contribution < 1.29 is 9.57 Å². The van der Waals surface area contributed by atoms with Gasteiger partial charge in [0.1, 0.15) is 0 Å². The van der Waals surface area contributed by atoms with Crippen LogP contribution in [0.5, 0.6) is 0 Å². The lowest BCUT2D eigenvalue weighted by Gasteiger charge is -2.02. The molecule has 0 aliphatic carbocycles. The lowest BCUT2D eigenvalue weighted by molar-refractivity contribution is 0.00983. The summed E-state index contributed by atoms with van der Waals surface area (Å²) in [5.74, 6) is 0. The molecule has 0 fully saturated rings. The first kappa shape index (κ1) is 7.36. The van der Waals surface area contributed by atoms with Gasteiger partial charge >= 0.3 is 0 Å². The quantitative estimate of drug-likeness (QED) is 0.404. The van der Waals surface area contributed by atoms with Gasteiger partial charge in [0.2, 0.25) is 0 Å². The Labute approximate surface area is 47.7 Å². The molecule has 0 aromatic carbocycles. The molecule has 0 saturated carbocycles. The summed E-state index contributed by atoms with van der Waals surface area (Å²) >= 11 is 0. The highest BCUT2D eigenvalue weighted by Gasteiger charge is 1.98. The van der Waals surface area contributed by atoms with Gasteiger partial charge in [-0.2, -0.15) is 0 Å². The van der Waals surface area contributed by atoms with Crippen LogP contribution >= 0.6 is 0 Å². The molecule has 0 aromatic rings. The van der Waals surface area contributed by atoms with Gasteiger partial charge in [-0.1, -0.05) is 0 Å². The van der Waals surface area contributed by atoms with Crippen LogP contribution in [0.2, 0.25) is 0 Å². The highest BCUT2D eigenvalue weighted by Crippen LogP contribution is 1.89. The van der Waals surface area contributed by atoms with Crippen LogP contribution in [0, 0.1) is 4.91 Å². The third kappa shape index (κ3) is 3.55. The number of nitrogens with zero attached hydrogens (tertiary/aromatic N) is 1. The van der Waals surface area contributed by atoms with Crippen LogP contribution in [-0.2, 0) is 9.57 Å². The normalized spacial score (nSPS) is 12.8. The van der Waals surface area contributed by atoms with Crippen molar-refractivity contribution in [2.75, 3.05) is 13.7 Å². The van der Waals surface area contributed by atoms with Gasteiger partial charge in [-0.25, -0.2) is 0 Å². The van der Waals surface area contributed by atoms with E-state index in [1.165, 1.54) is 7.11 Å². The fourth-order valence-corrected chi connectivity index (χ4v) is 0.339. The Kier molecular flexibility index (Phi) is 4.16. The van der Waals surface area contributed by atoms with Crippen molar-refractivity contribution in [2.24, 2.45) is 5.34 Å². The first-order valence-electron chi connectivity index (χ1n) is 2.28. The molecule has 1 unspecified atom stereocenters. The molecule has 0 spiro atoms. The van der Waals surface area contributed by atoms with Gasteiger partial charge in [-0.05, 0) is 6.92 Å². The van der Waals surface area contributed by atoms with E-state index in [9.17, 15) is 4.91 Å². The Balaban J connectivity index is 3.03. The first-order chi connectivity index (χ1) is 3.81. The van der Waals surface area contributed by atoms with Gasteiger partial charge in [0.05, 0.1) is 6.61 Å². The molecular formula is C4H9NO3. The average Bonchev–Trinajstić information content (AvgIpc) is 1.68. The predicted octanol–water partition coefficient (Wildman–Crippen LogP) is 0.719. The Morgan fingerprint density at radius 1 is 1.75 bits per heavy atom. The first-order valence-corrected chi connectivity index (χ1v) is 2.28. The fraction of sp³-hybridized carbons (Fsp3) is 1.00. The van der Waals surface area contributed by atoms with Crippen molar-refractivity contribution in [2.45, 2.75) is 13.0 Å². The average molecular weight is 119 g/mol. The van der Waals surface area contributed by atoms with Crippen molar-refractivity contribution in [1.29, 1.82) is 0 Å². The standard InChI is InChI=1S/C4H9NO3/c1-4(3-7-2)8-5-6/h4H,3H2,1-2H3. The van der Waals surface area contributed by atoms with Crippen molar-refractivity contribution >= 4 is 0 Å². The topological polar surface area (TPSA) is 47.9 Å². The molecule has 0 heterocycles. The summed E-state index contributed by atoms with van der Waals surface area (Å²) in [6.45, 7) is 2.09. The van der Waals surface area contributed by atoms with Gasteiger partial charge in [0.25, 0.3) is 0 Å². The zero-order valence-corrected chi connectivity index (χ0v) is 4.96. The molecule has 0 saturated heterocycles. The van der Waals surface area contributed by atoms with Crippen LogP contribution in [0.25, 0.3) is 0 Å². The van der Waals surface area contributed by atoms with Gasteiger partial charge in [0.15, 0.2) is 11.4 Å². The fourth-order valence-electron chi connectivity index (χ4n) is 0.339. The Morgan fingerprint density at radius 2 is 2.38 bits per heavy atom. The van der Waals surface area contributed by atoms with Crippen LogP contribution in [0.1, 0.15) is 6.92 Å². The summed E-state index contributed by atoms with van der Waals surface area (Å²) in [6.07, 6.45) is -0.238. The number of hydrogen-bond acceptors (Lipinski definition) is 4. The predicted molar refractivity (Wildman–Crippen MR) is 28.2 cm³/mol. The van der Waals surface area contributed by atoms with Gasteiger partial charge in [0, 0.05) is 7.11 Å². The van der Waals surface area contributed by atoms with Gasteiger partial charge < -0.3 is 9.57 Å². The van der Waals surface area contributed by atoms with E-state index in [4.69, 9.17) is 0 Å². The van der Waals surface area contributed by atoms with Crippen molar-refractivity contribution in [3.8, 4) is 0 Å². The van der Waals surface area contributed by atoms with Gasteiger partial charge in [-0.15, -0.1) is 4.91 Å². The van der Waals surface area contributed by atoms with E-state index in [0.29, 0.717) is 6.61 Å². The second kappa shape index (κ2) is 4.52. The van der Waals surface area contributed by atoms with E-state index < -0.39 is 0 Å². The molecule has 0 aliphatic rings. The Bertz CT molecular complexity index is 66.3. The van der Waals surface area contributed by atoms with Crippen molar-refractivity contribution in [1.82, 2.24) is 0 Å². The van der Waals surface area contributed by atoms with Crippen LogP contribution in [0.15, 0.2) is 5.34 Å². The molecule has 0 N–H and O–H groups in total. The van der Waals surface area contributed by atoms with Crippen LogP contribution < -0.4 is 0 Å². The summed E-state index contributed by atoms with van der Waals surface area (Å²) in [5.41, 5.74) is 0. The Morgan fingerprint density at radius 3 is 2.75 bits per heavy atom. The molecule has 0 radical (unpaired) electrons. The third-order valence-electron chi connectivity index (χ3n) is 0.624.